The summed E-state index contributed by atoms with van der Waals surface area (Å²) in [5, 5.41) is 9.65. The summed E-state index contributed by atoms with van der Waals surface area (Å²) < 4.78 is 0. The van der Waals surface area contributed by atoms with Crippen molar-refractivity contribution >= 4 is 0 Å². The average molecular weight is 193 g/mol. The van der Waals surface area contributed by atoms with Gasteiger partial charge in [0.15, 0.2) is 0 Å². The maximum Gasteiger partial charge on any atom is 0.0580 e. The van der Waals surface area contributed by atoms with E-state index < -0.39 is 0 Å². The summed E-state index contributed by atoms with van der Waals surface area (Å²) in [6, 6.07) is 10.1. The Morgan fingerprint density at radius 1 is 1.36 bits per heavy atom. The summed E-state index contributed by atoms with van der Waals surface area (Å²) in [7, 11) is 0. The SMILES string of the molecule is C[C@H](O)[C@](C)(CN)Cc1ccccc1. The van der Waals surface area contributed by atoms with E-state index in [0.29, 0.717) is 6.54 Å². The van der Waals surface area contributed by atoms with Gasteiger partial charge in [0, 0.05) is 12.0 Å². The van der Waals surface area contributed by atoms with E-state index in [1.807, 2.05) is 25.1 Å². The van der Waals surface area contributed by atoms with Crippen molar-refractivity contribution in [2.75, 3.05) is 6.54 Å². The number of nitrogens with two attached hydrogens (primary N) is 1. The molecule has 2 heteroatoms. The van der Waals surface area contributed by atoms with Crippen LogP contribution in [0.25, 0.3) is 0 Å². The Morgan fingerprint density at radius 3 is 2.36 bits per heavy atom. The maximum absolute atomic E-state index is 9.65. The molecule has 78 valence electrons. The van der Waals surface area contributed by atoms with Crippen LogP contribution in [0.3, 0.4) is 0 Å². The van der Waals surface area contributed by atoms with Crippen molar-refractivity contribution in [3.8, 4) is 0 Å². The first-order valence-electron chi connectivity index (χ1n) is 5.00. The largest absolute Gasteiger partial charge is 0.393 e. The van der Waals surface area contributed by atoms with E-state index in [-0.39, 0.29) is 11.5 Å². The van der Waals surface area contributed by atoms with Crippen LogP contribution in [-0.4, -0.2) is 17.8 Å². The molecule has 14 heavy (non-hydrogen) atoms. The molecule has 0 aliphatic heterocycles. The molecular formula is C12H19NO. The van der Waals surface area contributed by atoms with Gasteiger partial charge in [-0.2, -0.15) is 0 Å². The molecule has 0 fully saturated rings. The Bertz CT molecular complexity index is 271. The van der Waals surface area contributed by atoms with Crippen molar-refractivity contribution < 1.29 is 5.11 Å². The molecule has 1 aromatic carbocycles. The Labute approximate surface area is 85.8 Å². The Kier molecular flexibility index (Phi) is 3.67. The van der Waals surface area contributed by atoms with Gasteiger partial charge in [-0.05, 0) is 18.9 Å². The topological polar surface area (TPSA) is 46.2 Å². The van der Waals surface area contributed by atoms with E-state index in [4.69, 9.17) is 5.73 Å². The minimum Gasteiger partial charge on any atom is -0.393 e. The zero-order valence-corrected chi connectivity index (χ0v) is 8.90. The molecule has 2 nitrogen and oxygen atoms in total. The highest BCUT2D eigenvalue weighted by Crippen LogP contribution is 2.25. The molecule has 1 aromatic rings. The van der Waals surface area contributed by atoms with E-state index >= 15 is 0 Å². The molecule has 0 saturated heterocycles. The molecule has 0 saturated carbocycles. The quantitative estimate of drug-likeness (QED) is 0.762. The molecular weight excluding hydrogens is 174 g/mol. The molecule has 0 heterocycles. The van der Waals surface area contributed by atoms with Crippen LogP contribution in [0.5, 0.6) is 0 Å². The predicted octanol–water partition coefficient (Wildman–Crippen LogP) is 1.57. The first-order chi connectivity index (χ1) is 6.58. The van der Waals surface area contributed by atoms with Gasteiger partial charge in [0.05, 0.1) is 6.10 Å². The molecule has 0 aliphatic carbocycles. The van der Waals surface area contributed by atoms with E-state index in [0.717, 1.165) is 6.42 Å². The molecule has 2 atom stereocenters. The summed E-state index contributed by atoms with van der Waals surface area (Å²) in [6.45, 7) is 4.32. The Balaban J connectivity index is 2.76. The number of benzene rings is 1. The third kappa shape index (κ3) is 2.56. The molecule has 0 radical (unpaired) electrons. The van der Waals surface area contributed by atoms with Gasteiger partial charge in [-0.1, -0.05) is 37.3 Å². The fourth-order valence-corrected chi connectivity index (χ4v) is 1.45. The van der Waals surface area contributed by atoms with Gasteiger partial charge in [0.2, 0.25) is 0 Å². The molecule has 0 aliphatic rings. The van der Waals surface area contributed by atoms with E-state index in [9.17, 15) is 5.11 Å². The second-order valence-electron chi connectivity index (χ2n) is 4.20. The summed E-state index contributed by atoms with van der Waals surface area (Å²) in [6.07, 6.45) is 0.440. The lowest BCUT2D eigenvalue weighted by molar-refractivity contribution is 0.0589. The zero-order valence-electron chi connectivity index (χ0n) is 8.90. The smallest absolute Gasteiger partial charge is 0.0580 e. The lowest BCUT2D eigenvalue weighted by Crippen LogP contribution is -2.39. The lowest BCUT2D eigenvalue weighted by Gasteiger charge is -2.31. The minimum absolute atomic E-state index is 0.221. The van der Waals surface area contributed by atoms with Crippen LogP contribution in [0.15, 0.2) is 30.3 Å². The molecule has 0 spiro atoms. The van der Waals surface area contributed by atoms with Crippen LogP contribution in [0, 0.1) is 5.41 Å². The highest BCUT2D eigenvalue weighted by atomic mass is 16.3. The van der Waals surface area contributed by atoms with Crippen LogP contribution in [0.2, 0.25) is 0 Å². The molecule has 0 bridgehead atoms. The summed E-state index contributed by atoms with van der Waals surface area (Å²) >= 11 is 0. The molecule has 0 aromatic heterocycles. The van der Waals surface area contributed by atoms with Gasteiger partial charge in [-0.3, -0.25) is 0 Å². The van der Waals surface area contributed by atoms with Crippen LogP contribution < -0.4 is 5.73 Å². The number of hydrogen-bond acceptors (Lipinski definition) is 2. The summed E-state index contributed by atoms with van der Waals surface area (Å²) in [4.78, 5) is 0. The first-order valence-corrected chi connectivity index (χ1v) is 5.00. The monoisotopic (exact) mass is 193 g/mol. The number of hydrogen-bond donors (Lipinski definition) is 2. The van der Waals surface area contributed by atoms with Gasteiger partial charge in [-0.15, -0.1) is 0 Å². The van der Waals surface area contributed by atoms with E-state index in [1.165, 1.54) is 5.56 Å². The minimum atomic E-state index is -0.382. The van der Waals surface area contributed by atoms with Crippen molar-refractivity contribution in [3.63, 3.8) is 0 Å². The van der Waals surface area contributed by atoms with Crippen molar-refractivity contribution in [1.29, 1.82) is 0 Å². The van der Waals surface area contributed by atoms with E-state index in [1.54, 1.807) is 6.92 Å². The summed E-state index contributed by atoms with van der Waals surface area (Å²) in [5.74, 6) is 0. The standard InChI is InChI=1S/C12H19NO/c1-10(14)12(2,9-13)8-11-6-4-3-5-7-11/h3-7,10,14H,8-9,13H2,1-2H3/t10-,12-/m0/s1. The van der Waals surface area contributed by atoms with Gasteiger partial charge in [0.25, 0.3) is 0 Å². The predicted molar refractivity (Wildman–Crippen MR) is 59.0 cm³/mol. The fraction of sp³-hybridized carbons (Fsp3) is 0.500. The van der Waals surface area contributed by atoms with Crippen LogP contribution in [-0.2, 0) is 6.42 Å². The van der Waals surface area contributed by atoms with Gasteiger partial charge < -0.3 is 10.8 Å². The van der Waals surface area contributed by atoms with Crippen LogP contribution in [0.4, 0.5) is 0 Å². The zero-order chi connectivity index (χ0) is 10.6. The highest BCUT2D eigenvalue weighted by Gasteiger charge is 2.28. The average Bonchev–Trinajstić information content (AvgIpc) is 2.19. The fourth-order valence-electron chi connectivity index (χ4n) is 1.45. The second kappa shape index (κ2) is 4.58. The van der Waals surface area contributed by atoms with Gasteiger partial charge >= 0.3 is 0 Å². The first kappa shape index (κ1) is 11.2. The third-order valence-corrected chi connectivity index (χ3v) is 2.93. The second-order valence-corrected chi connectivity index (χ2v) is 4.20. The molecule has 1 rings (SSSR count). The van der Waals surface area contributed by atoms with Crippen molar-refractivity contribution in [2.45, 2.75) is 26.4 Å². The normalized spacial score (nSPS) is 17.4. The Morgan fingerprint density at radius 2 is 1.93 bits per heavy atom. The number of aliphatic hydroxyl groups excluding tert-OH is 1. The third-order valence-electron chi connectivity index (χ3n) is 2.93. The molecule has 0 amide bonds. The van der Waals surface area contributed by atoms with Crippen molar-refractivity contribution in [3.05, 3.63) is 35.9 Å². The van der Waals surface area contributed by atoms with Gasteiger partial charge in [0.1, 0.15) is 0 Å². The lowest BCUT2D eigenvalue weighted by atomic mass is 9.79. The van der Waals surface area contributed by atoms with Crippen molar-refractivity contribution in [2.24, 2.45) is 11.1 Å². The Hall–Kier alpha value is -0.860. The van der Waals surface area contributed by atoms with E-state index in [2.05, 4.69) is 12.1 Å². The summed E-state index contributed by atoms with van der Waals surface area (Å²) in [5.41, 5.74) is 6.70. The van der Waals surface area contributed by atoms with Crippen LogP contribution in [0.1, 0.15) is 19.4 Å². The molecule has 0 unspecified atom stereocenters. The van der Waals surface area contributed by atoms with Crippen molar-refractivity contribution in [1.82, 2.24) is 0 Å². The highest BCUT2D eigenvalue weighted by molar-refractivity contribution is 5.16. The van der Waals surface area contributed by atoms with Gasteiger partial charge in [-0.25, -0.2) is 0 Å². The number of rotatable bonds is 4. The van der Waals surface area contributed by atoms with Crippen LogP contribution >= 0.6 is 0 Å². The number of aliphatic hydroxyl groups is 1. The maximum atomic E-state index is 9.65. The molecule has 3 N–H and O–H groups in total.